The van der Waals surface area contributed by atoms with Gasteiger partial charge >= 0.3 is 0 Å². The highest BCUT2D eigenvalue weighted by Crippen LogP contribution is 2.37. The molecule has 1 fully saturated rings. The first-order chi connectivity index (χ1) is 7.31. The molecule has 1 aliphatic carbocycles. The van der Waals surface area contributed by atoms with Crippen LogP contribution in [0.2, 0.25) is 0 Å². The molecule has 0 aromatic carbocycles. The van der Waals surface area contributed by atoms with E-state index < -0.39 is 0 Å². The molecule has 0 spiro atoms. The molecule has 1 atom stereocenters. The monoisotopic (exact) mass is 289 g/mol. The van der Waals surface area contributed by atoms with Crippen molar-refractivity contribution in [3.05, 3.63) is 15.0 Å². The zero-order valence-corrected chi connectivity index (χ0v) is 11.1. The molecule has 0 aliphatic heterocycles. The van der Waals surface area contributed by atoms with Gasteiger partial charge in [-0.25, -0.2) is 4.98 Å². The molecule has 1 aromatic heterocycles. The summed E-state index contributed by atoms with van der Waals surface area (Å²) in [4.78, 5) is 4.37. The zero-order chi connectivity index (χ0) is 10.7. The summed E-state index contributed by atoms with van der Waals surface area (Å²) >= 11 is 5.09. The van der Waals surface area contributed by atoms with E-state index >= 15 is 0 Å². The van der Waals surface area contributed by atoms with Gasteiger partial charge in [-0.15, -0.1) is 11.3 Å². The van der Waals surface area contributed by atoms with Gasteiger partial charge in [0.2, 0.25) is 0 Å². The summed E-state index contributed by atoms with van der Waals surface area (Å²) in [6, 6.07) is 0. The molecule has 84 valence electrons. The normalized spacial score (nSPS) is 20.4. The highest BCUT2D eigenvalue weighted by Gasteiger charge is 2.26. The Hall–Kier alpha value is 0.0700. The summed E-state index contributed by atoms with van der Waals surface area (Å²) in [5.41, 5.74) is 0. The topological polar surface area (TPSA) is 33.1 Å². The lowest BCUT2D eigenvalue weighted by molar-refractivity contribution is 0.196. The fourth-order valence-corrected chi connectivity index (χ4v) is 3.83. The molecule has 15 heavy (non-hydrogen) atoms. The summed E-state index contributed by atoms with van der Waals surface area (Å²) in [7, 11) is 0. The average molecular weight is 290 g/mol. The van der Waals surface area contributed by atoms with Gasteiger partial charge < -0.3 is 5.11 Å². The summed E-state index contributed by atoms with van der Waals surface area (Å²) < 4.78 is 1.06. The summed E-state index contributed by atoms with van der Waals surface area (Å²) in [5, 5.41) is 10.6. The van der Waals surface area contributed by atoms with E-state index in [0.29, 0.717) is 5.92 Å². The number of halogens is 1. The number of hydrogen-bond donors (Lipinski definition) is 1. The second-order valence-corrected chi connectivity index (χ2v) is 6.63. The number of aliphatic hydroxyl groups is 1. The summed E-state index contributed by atoms with van der Waals surface area (Å²) in [6.45, 7) is 0.241. The van der Waals surface area contributed by atoms with Crippen molar-refractivity contribution in [1.29, 1.82) is 0 Å². The summed E-state index contributed by atoms with van der Waals surface area (Å²) in [5.74, 6) is 0.906. The Morgan fingerprint density at radius 2 is 2.20 bits per heavy atom. The van der Waals surface area contributed by atoms with Crippen molar-refractivity contribution >= 4 is 27.3 Å². The second kappa shape index (κ2) is 5.41. The lowest BCUT2D eigenvalue weighted by atomic mass is 9.80. The molecule has 1 unspecified atom stereocenters. The largest absolute Gasteiger partial charge is 0.396 e. The van der Waals surface area contributed by atoms with Gasteiger partial charge in [-0.1, -0.05) is 19.3 Å². The maximum absolute atomic E-state index is 9.49. The van der Waals surface area contributed by atoms with E-state index in [1.807, 2.05) is 6.20 Å². The molecule has 1 saturated carbocycles. The highest BCUT2D eigenvalue weighted by atomic mass is 79.9. The van der Waals surface area contributed by atoms with E-state index in [1.165, 1.54) is 32.1 Å². The first kappa shape index (κ1) is 11.6. The van der Waals surface area contributed by atoms with Gasteiger partial charge in [0.25, 0.3) is 0 Å². The van der Waals surface area contributed by atoms with Crippen LogP contribution in [0.5, 0.6) is 0 Å². The van der Waals surface area contributed by atoms with Crippen molar-refractivity contribution in [2.24, 2.45) is 5.92 Å². The Morgan fingerprint density at radius 3 is 2.73 bits per heavy atom. The number of rotatable bonds is 3. The van der Waals surface area contributed by atoms with E-state index in [0.717, 1.165) is 8.79 Å². The fourth-order valence-electron chi connectivity index (χ4n) is 2.40. The zero-order valence-electron chi connectivity index (χ0n) is 8.66. The first-order valence-corrected chi connectivity index (χ1v) is 7.14. The van der Waals surface area contributed by atoms with Gasteiger partial charge in [-0.2, -0.15) is 0 Å². The van der Waals surface area contributed by atoms with Crippen molar-refractivity contribution in [2.45, 2.75) is 38.0 Å². The van der Waals surface area contributed by atoms with Crippen molar-refractivity contribution in [3.63, 3.8) is 0 Å². The van der Waals surface area contributed by atoms with Crippen LogP contribution in [0, 0.1) is 5.92 Å². The molecule has 0 bridgehead atoms. The maximum Gasteiger partial charge on any atom is 0.0993 e. The van der Waals surface area contributed by atoms with Crippen LogP contribution in [0.4, 0.5) is 0 Å². The third kappa shape index (κ3) is 2.80. The van der Waals surface area contributed by atoms with Crippen molar-refractivity contribution in [2.75, 3.05) is 6.61 Å². The number of nitrogens with zero attached hydrogens (tertiary/aromatic N) is 1. The van der Waals surface area contributed by atoms with E-state index in [2.05, 4.69) is 20.9 Å². The first-order valence-electron chi connectivity index (χ1n) is 5.53. The number of hydrogen-bond acceptors (Lipinski definition) is 3. The SMILES string of the molecule is OCC(c1ncc(Br)s1)C1CCCCC1. The number of thiazole rings is 1. The minimum absolute atomic E-state index is 0.241. The van der Waals surface area contributed by atoms with E-state index in [4.69, 9.17) is 0 Å². The third-order valence-corrected chi connectivity index (χ3v) is 4.84. The van der Waals surface area contributed by atoms with Gasteiger partial charge in [0.1, 0.15) is 0 Å². The van der Waals surface area contributed by atoms with Crippen LogP contribution < -0.4 is 0 Å². The molecule has 1 heterocycles. The van der Waals surface area contributed by atoms with E-state index in [1.54, 1.807) is 11.3 Å². The van der Waals surface area contributed by atoms with Crippen molar-refractivity contribution in [3.8, 4) is 0 Å². The lowest BCUT2D eigenvalue weighted by Gasteiger charge is -2.27. The van der Waals surface area contributed by atoms with Crippen LogP contribution in [-0.2, 0) is 0 Å². The second-order valence-electron chi connectivity index (χ2n) is 4.19. The molecule has 0 saturated heterocycles. The van der Waals surface area contributed by atoms with Crippen LogP contribution in [-0.4, -0.2) is 16.7 Å². The molecule has 0 amide bonds. The van der Waals surface area contributed by atoms with Crippen molar-refractivity contribution in [1.82, 2.24) is 4.98 Å². The molecule has 2 nitrogen and oxygen atoms in total. The predicted molar refractivity (Wildman–Crippen MR) is 66.2 cm³/mol. The van der Waals surface area contributed by atoms with Crippen LogP contribution >= 0.6 is 27.3 Å². The Kier molecular flexibility index (Phi) is 4.17. The molecule has 0 radical (unpaired) electrons. The molecular weight excluding hydrogens is 274 g/mol. The van der Waals surface area contributed by atoms with Crippen LogP contribution in [0.25, 0.3) is 0 Å². The third-order valence-electron chi connectivity index (χ3n) is 3.23. The Bertz CT molecular complexity index is 309. The van der Waals surface area contributed by atoms with Crippen LogP contribution in [0.3, 0.4) is 0 Å². The molecular formula is C11H16BrNOS. The molecule has 1 aliphatic rings. The fraction of sp³-hybridized carbons (Fsp3) is 0.727. The van der Waals surface area contributed by atoms with E-state index in [9.17, 15) is 5.11 Å². The smallest absolute Gasteiger partial charge is 0.0993 e. The lowest BCUT2D eigenvalue weighted by Crippen LogP contribution is -2.19. The standard InChI is InChI=1S/C11H16BrNOS/c12-10-6-13-11(15-10)9(7-14)8-4-2-1-3-5-8/h6,8-9,14H,1-5,7H2. The number of aromatic nitrogens is 1. The van der Waals surface area contributed by atoms with Gasteiger partial charge in [-0.3, -0.25) is 0 Å². The Labute approximate surface area is 103 Å². The summed E-state index contributed by atoms with van der Waals surface area (Å²) in [6.07, 6.45) is 8.33. The van der Waals surface area contributed by atoms with Gasteiger partial charge in [0.05, 0.1) is 21.6 Å². The Balaban J connectivity index is 2.08. The van der Waals surface area contributed by atoms with Gasteiger partial charge in [0, 0.05) is 5.92 Å². The molecule has 2 rings (SSSR count). The molecule has 1 aromatic rings. The van der Waals surface area contributed by atoms with E-state index in [-0.39, 0.29) is 12.5 Å². The predicted octanol–water partition coefficient (Wildman–Crippen LogP) is 3.56. The Morgan fingerprint density at radius 1 is 1.47 bits per heavy atom. The molecule has 4 heteroatoms. The quantitative estimate of drug-likeness (QED) is 0.923. The minimum atomic E-state index is 0.241. The molecule has 1 N–H and O–H groups in total. The van der Waals surface area contributed by atoms with Crippen LogP contribution in [0.15, 0.2) is 9.98 Å². The average Bonchev–Trinajstić information content (AvgIpc) is 2.68. The van der Waals surface area contributed by atoms with Crippen molar-refractivity contribution < 1.29 is 5.11 Å². The highest BCUT2D eigenvalue weighted by molar-refractivity contribution is 9.11. The van der Waals surface area contributed by atoms with Gasteiger partial charge in [0.15, 0.2) is 0 Å². The van der Waals surface area contributed by atoms with Gasteiger partial charge in [-0.05, 0) is 34.7 Å². The van der Waals surface area contributed by atoms with Crippen LogP contribution in [0.1, 0.15) is 43.0 Å². The minimum Gasteiger partial charge on any atom is -0.396 e. The number of aliphatic hydroxyl groups excluding tert-OH is 1. The maximum atomic E-state index is 9.49.